The summed E-state index contributed by atoms with van der Waals surface area (Å²) in [4.78, 5) is 116. The average molecular weight is 1190 g/mol. The number of nitrogens with one attached hydrogen (secondary N) is 3. The van der Waals surface area contributed by atoms with Crippen LogP contribution < -0.4 is 52.8 Å². The van der Waals surface area contributed by atoms with E-state index < -0.39 is 105 Å². The number of aromatic nitrogens is 12. The number of nitrogen functional groups attached to an aromatic ring is 3. The van der Waals surface area contributed by atoms with Crippen LogP contribution in [0.3, 0.4) is 0 Å². The monoisotopic (exact) mass is 1190 g/mol. The molecule has 6 aromatic heterocycles. The smallest absolute Gasteiger partial charge is 0.478 e. The summed E-state index contributed by atoms with van der Waals surface area (Å²) in [5.41, 5.74) is 16.0. The summed E-state index contributed by atoms with van der Waals surface area (Å²) in [6.07, 6.45) is -5.43. The Labute approximate surface area is 436 Å². The number of anilines is 3. The van der Waals surface area contributed by atoms with Crippen LogP contribution in [-0.2, 0) is 68.8 Å². The molecule has 78 heavy (non-hydrogen) atoms. The van der Waals surface area contributed by atoms with E-state index in [0.717, 1.165) is 10.9 Å². The van der Waals surface area contributed by atoms with Gasteiger partial charge in [-0.1, -0.05) is 17.4 Å². The second kappa shape index (κ2) is 23.0. The molecule has 9 rings (SSSR count). The van der Waals surface area contributed by atoms with Gasteiger partial charge in [-0.05, 0) is 14.1 Å². The second-order valence-corrected chi connectivity index (χ2v) is 23.4. The highest BCUT2D eigenvalue weighted by atomic mass is 31.3. The molecule has 6 aromatic rings. The number of hydrogen-bond acceptors (Lipinski definition) is 28. The van der Waals surface area contributed by atoms with Crippen LogP contribution in [0.4, 0.5) is 17.8 Å². The van der Waals surface area contributed by atoms with Gasteiger partial charge in [0.1, 0.15) is 18.3 Å². The molecule has 39 nitrogen and oxygen atoms in total. The highest BCUT2D eigenvalue weighted by molar-refractivity contribution is 7.65. The predicted molar refractivity (Wildman–Crippen MR) is 257 cm³/mol. The van der Waals surface area contributed by atoms with Gasteiger partial charge in [0.05, 0.1) is 65.5 Å². The van der Waals surface area contributed by atoms with Gasteiger partial charge in [-0.15, -0.1) is 0 Å². The maximum absolute atomic E-state index is 12.5. The number of phosphoric ester groups is 3. The van der Waals surface area contributed by atoms with E-state index in [1.807, 2.05) is 11.9 Å². The summed E-state index contributed by atoms with van der Waals surface area (Å²) >= 11 is 0. The van der Waals surface area contributed by atoms with Gasteiger partial charge >= 0.3 is 26.9 Å². The van der Waals surface area contributed by atoms with Gasteiger partial charge in [0, 0.05) is 13.1 Å². The fraction of sp³-hybridized carbons (Fsp3) is 0.571. The minimum atomic E-state index is -6.21. The molecule has 0 aromatic carbocycles. The van der Waals surface area contributed by atoms with Gasteiger partial charge in [0.15, 0.2) is 42.5 Å². The van der Waals surface area contributed by atoms with Crippen molar-refractivity contribution in [1.29, 1.82) is 0 Å². The number of aryl methyl sites for hydroxylation is 2. The summed E-state index contributed by atoms with van der Waals surface area (Å²) in [7, 11) is -15.5. The molecule has 432 valence electrons. The maximum atomic E-state index is 12.5. The lowest BCUT2D eigenvalue weighted by atomic mass is 10.1. The molecule has 0 amide bonds. The summed E-state index contributed by atoms with van der Waals surface area (Å²) in [5, 5.41) is 20.9. The molecule has 3 aliphatic rings. The van der Waals surface area contributed by atoms with Crippen molar-refractivity contribution in [3.63, 3.8) is 0 Å². The number of phosphoric acid groups is 4. The van der Waals surface area contributed by atoms with Crippen molar-refractivity contribution in [2.45, 2.75) is 56.6 Å². The SMILES string of the molecule is C.CN1CC([n+]2cn(C)c3c(=O)[nH]c(N)nc32)O[C@H](COP(=O)(O)O)C1.CN1CC([n+]2cn(C)c3c(=O)[nH]c(N)nc32)O[C@H](COP(=O)(O)OP(=O)([O-])OP(=O)([O-])OC[C@H]2OC(n3cnc4c(=O)[nH]c(N)nc43)[C@H](O)[C@@H]2O)C1. The normalized spacial score (nSPS) is 25.8. The van der Waals surface area contributed by atoms with Crippen LogP contribution in [-0.4, -0.2) is 174 Å². The average Bonchev–Trinajstić information content (AvgIpc) is 4.12. The lowest BCUT2D eigenvalue weighted by Gasteiger charge is -2.35. The second-order valence-electron chi connectivity index (χ2n) is 17.6. The van der Waals surface area contributed by atoms with Gasteiger partial charge in [-0.25, -0.2) is 31.9 Å². The minimum absolute atomic E-state index is 0. The Bertz CT molecular complexity index is 3570. The van der Waals surface area contributed by atoms with Crippen LogP contribution in [0.15, 0.2) is 33.4 Å². The Morgan fingerprint density at radius 1 is 0.679 bits per heavy atom. The van der Waals surface area contributed by atoms with E-state index in [1.165, 1.54) is 15.5 Å². The zero-order chi connectivity index (χ0) is 56.3. The van der Waals surface area contributed by atoms with Crippen molar-refractivity contribution in [2.24, 2.45) is 14.1 Å². The Hall–Kier alpha value is -5.31. The molecule has 0 saturated carbocycles. The number of fused-ring (bicyclic) bond motifs is 3. The molecule has 0 spiro atoms. The lowest BCUT2D eigenvalue weighted by molar-refractivity contribution is -0.747. The van der Waals surface area contributed by atoms with Gasteiger partial charge in [0.25, 0.3) is 44.2 Å². The third-order valence-electron chi connectivity index (χ3n) is 11.6. The lowest BCUT2D eigenvalue weighted by Crippen LogP contribution is -2.54. The third-order valence-corrected chi connectivity index (χ3v) is 16.2. The molecule has 43 heteroatoms. The van der Waals surface area contributed by atoms with Crippen LogP contribution in [0.5, 0.6) is 0 Å². The van der Waals surface area contributed by atoms with Crippen LogP contribution in [0.2, 0.25) is 0 Å². The van der Waals surface area contributed by atoms with E-state index in [0.29, 0.717) is 24.3 Å². The molecule has 0 bridgehead atoms. The van der Waals surface area contributed by atoms with Crippen molar-refractivity contribution in [1.82, 2.24) is 58.4 Å². The molecular formula is C35H55N17O22P4. The third kappa shape index (κ3) is 13.8. The molecule has 3 aliphatic heterocycles. The number of aliphatic hydroxyl groups excluding tert-OH is 2. The van der Waals surface area contributed by atoms with E-state index in [4.69, 9.17) is 45.7 Å². The number of imidazole rings is 3. The van der Waals surface area contributed by atoms with Crippen molar-refractivity contribution >= 4 is 82.6 Å². The zero-order valence-electron chi connectivity index (χ0n) is 40.4. The molecule has 0 aliphatic carbocycles. The number of H-pyrrole nitrogens is 3. The first-order chi connectivity index (χ1) is 35.9. The van der Waals surface area contributed by atoms with Crippen LogP contribution in [0, 0.1) is 0 Å². The van der Waals surface area contributed by atoms with Crippen molar-refractivity contribution < 1.29 is 98.5 Å². The Kier molecular flexibility index (Phi) is 17.8. The molecule has 14 N–H and O–H groups in total. The van der Waals surface area contributed by atoms with E-state index >= 15 is 0 Å². The Morgan fingerprint density at radius 3 is 1.68 bits per heavy atom. The molecule has 9 heterocycles. The summed E-state index contributed by atoms with van der Waals surface area (Å²) in [6.45, 7) is -0.844. The van der Waals surface area contributed by atoms with Gasteiger partial charge in [-0.2, -0.15) is 4.98 Å². The highest BCUT2D eigenvalue weighted by Crippen LogP contribution is 2.64. The number of ether oxygens (including phenoxy) is 3. The van der Waals surface area contributed by atoms with Crippen molar-refractivity contribution in [3.8, 4) is 0 Å². The number of rotatable bonds is 16. The quantitative estimate of drug-likeness (QED) is 0.0317. The van der Waals surface area contributed by atoms with Gasteiger partial charge < -0.3 is 70.6 Å². The molecule has 11 atom stereocenters. The van der Waals surface area contributed by atoms with Crippen LogP contribution in [0.1, 0.15) is 26.1 Å². The molecule has 0 radical (unpaired) electrons. The number of hydrogen-bond donors (Lipinski definition) is 11. The number of aliphatic hydroxyl groups is 2. The number of morpholine rings is 2. The number of nitrogens with zero attached hydrogens (tertiary/aromatic N) is 11. The summed E-state index contributed by atoms with van der Waals surface area (Å²) in [6, 6.07) is 0. The Morgan fingerprint density at radius 2 is 1.17 bits per heavy atom. The minimum Gasteiger partial charge on any atom is -0.756 e. The first kappa shape index (κ1) is 60.3. The van der Waals surface area contributed by atoms with Crippen molar-refractivity contribution in [2.75, 3.05) is 77.3 Å². The standard InChI is InChI=1S/C22H32N11O16P3.C12H19N6O6P.CH4/c1-30-3-9(46-11(4-30)33-8-31(2)13-17(33)27-22(24)29-19(13)37)5-44-50(38,39)48-52(42,43)49-51(40,41)45-6-10-14(34)15(35)20(47-10)32-7-25-12-16(32)26-21(23)28-18(12)36;1-16-3-7(5-23-25(20,21)22)24-8(4-16)18-6-17(2)9-10(18)14-12(13)15-11(9)19;/h7-11,14-15,20,34-35H,3-6H2,1-2H3,(H8-,23,24,26,27,28,29,36,37,38,39,40,41,42,43);6-8H,3-5H2,1-2H3,(H4-,13,14,15,19,20,21,22);1H4/t9-,10+,11?,14+,15+,20?;7-,8?;/m00./s1. The van der Waals surface area contributed by atoms with E-state index in [9.17, 15) is 57.5 Å². The molecule has 3 fully saturated rings. The summed E-state index contributed by atoms with van der Waals surface area (Å²) < 4.78 is 94.4. The first-order valence-electron chi connectivity index (χ1n) is 22.2. The van der Waals surface area contributed by atoms with Gasteiger partial charge in [0.2, 0.25) is 17.0 Å². The van der Waals surface area contributed by atoms with E-state index in [2.05, 4.69) is 52.6 Å². The fourth-order valence-corrected chi connectivity index (χ4v) is 12.3. The molecule has 6 unspecified atom stereocenters. The fourth-order valence-electron chi connectivity index (χ4n) is 8.50. The van der Waals surface area contributed by atoms with Crippen LogP contribution >= 0.6 is 31.3 Å². The zero-order valence-corrected chi connectivity index (χ0v) is 44.0. The first-order valence-corrected chi connectivity index (χ1v) is 28.1. The van der Waals surface area contributed by atoms with Gasteiger partial charge in [-0.3, -0.25) is 71.0 Å². The largest absolute Gasteiger partial charge is 0.756 e. The highest BCUT2D eigenvalue weighted by Gasteiger charge is 2.46. The topological polar surface area (TPSA) is 547 Å². The predicted octanol–water partition coefficient (Wildman–Crippen LogP) is -5.90. The van der Waals surface area contributed by atoms with E-state index in [-0.39, 0.29) is 72.9 Å². The summed E-state index contributed by atoms with van der Waals surface area (Å²) in [5.74, 6) is -0.470. The van der Waals surface area contributed by atoms with E-state index in [1.54, 1.807) is 41.5 Å². The van der Waals surface area contributed by atoms with Crippen molar-refractivity contribution in [3.05, 3.63) is 50.0 Å². The number of nitrogens with two attached hydrogens (primary N) is 3. The maximum Gasteiger partial charge on any atom is 0.478 e. The Balaban J connectivity index is 0.000000284. The number of aromatic amines is 3. The molecular weight excluding hydrogens is 1130 g/mol. The molecule has 3 saturated heterocycles. The number of likely N-dealkylation sites (N-methyl/N-ethyl adjacent to an activating group) is 2. The van der Waals surface area contributed by atoms with Crippen LogP contribution in [0.25, 0.3) is 33.5 Å².